The Balaban J connectivity index is 2.04. The Bertz CT molecular complexity index is 116. The van der Waals surface area contributed by atoms with Gasteiger partial charge in [-0.1, -0.05) is 6.42 Å². The van der Waals surface area contributed by atoms with Crippen molar-refractivity contribution >= 4 is 0 Å². The van der Waals surface area contributed by atoms with E-state index in [-0.39, 0.29) is 0 Å². The van der Waals surface area contributed by atoms with Crippen molar-refractivity contribution in [2.75, 3.05) is 19.8 Å². The van der Waals surface area contributed by atoms with Crippen LogP contribution in [0.25, 0.3) is 0 Å². The molecule has 2 bridgehead atoms. The molecule has 2 N–H and O–H groups in total. The van der Waals surface area contributed by atoms with E-state index in [9.17, 15) is 0 Å². The molecule has 0 aromatic rings. The van der Waals surface area contributed by atoms with Crippen molar-refractivity contribution in [3.8, 4) is 0 Å². The third kappa shape index (κ3) is 1.30. The number of rotatable bonds is 1. The predicted molar refractivity (Wildman–Crippen MR) is 44.2 cm³/mol. The molecular weight excluding hydrogens is 138 g/mol. The lowest BCUT2D eigenvalue weighted by atomic mass is 9.71. The van der Waals surface area contributed by atoms with Crippen LogP contribution < -0.4 is 5.73 Å². The molecule has 11 heavy (non-hydrogen) atoms. The summed E-state index contributed by atoms with van der Waals surface area (Å²) < 4.78 is 5.51. The van der Waals surface area contributed by atoms with Crippen LogP contribution in [0.5, 0.6) is 0 Å². The quantitative estimate of drug-likeness (QED) is 0.613. The lowest BCUT2D eigenvalue weighted by Crippen LogP contribution is -2.42. The summed E-state index contributed by atoms with van der Waals surface area (Å²) in [6, 6.07) is 0. The minimum Gasteiger partial charge on any atom is -0.381 e. The average Bonchev–Trinajstić information content (AvgIpc) is 2.03. The van der Waals surface area contributed by atoms with E-state index in [4.69, 9.17) is 10.5 Å². The maximum absolute atomic E-state index is 5.74. The second-order valence-electron chi connectivity index (χ2n) is 3.89. The zero-order valence-electron chi connectivity index (χ0n) is 6.96. The van der Waals surface area contributed by atoms with Crippen molar-refractivity contribution < 1.29 is 4.74 Å². The van der Waals surface area contributed by atoms with E-state index in [1.54, 1.807) is 0 Å². The molecule has 2 rings (SSSR count). The van der Waals surface area contributed by atoms with Crippen LogP contribution in [0.2, 0.25) is 0 Å². The Morgan fingerprint density at radius 3 is 2.27 bits per heavy atom. The molecule has 2 nitrogen and oxygen atoms in total. The van der Waals surface area contributed by atoms with Gasteiger partial charge in [0.25, 0.3) is 0 Å². The van der Waals surface area contributed by atoms with Crippen molar-refractivity contribution in [2.45, 2.75) is 19.3 Å². The molecule has 1 aliphatic heterocycles. The van der Waals surface area contributed by atoms with E-state index in [2.05, 4.69) is 0 Å². The van der Waals surface area contributed by atoms with Crippen LogP contribution in [0.1, 0.15) is 19.3 Å². The predicted octanol–water partition coefficient (Wildman–Crippen LogP) is 1.01. The molecule has 2 atom stereocenters. The van der Waals surface area contributed by atoms with Crippen LogP contribution >= 0.6 is 0 Å². The molecule has 0 aromatic carbocycles. The molecule has 2 unspecified atom stereocenters. The zero-order chi connectivity index (χ0) is 7.68. The van der Waals surface area contributed by atoms with Crippen LogP contribution in [0.3, 0.4) is 0 Å². The van der Waals surface area contributed by atoms with Gasteiger partial charge >= 0.3 is 0 Å². The maximum Gasteiger partial charge on any atom is 0.0497 e. The first kappa shape index (κ1) is 7.56. The van der Waals surface area contributed by atoms with Gasteiger partial charge in [-0.25, -0.2) is 0 Å². The molecule has 1 aliphatic carbocycles. The SMILES string of the molecule is NCC1C2CCCC1COC2. The Labute approximate surface area is 68.1 Å². The highest BCUT2D eigenvalue weighted by Crippen LogP contribution is 2.37. The third-order valence-electron chi connectivity index (χ3n) is 3.30. The largest absolute Gasteiger partial charge is 0.381 e. The summed E-state index contributed by atoms with van der Waals surface area (Å²) in [6.07, 6.45) is 4.09. The molecule has 0 amide bonds. The van der Waals surface area contributed by atoms with Gasteiger partial charge < -0.3 is 10.5 Å². The maximum atomic E-state index is 5.74. The zero-order valence-corrected chi connectivity index (χ0v) is 6.96. The van der Waals surface area contributed by atoms with E-state index in [0.29, 0.717) is 0 Å². The first-order chi connectivity index (χ1) is 5.42. The molecule has 1 saturated heterocycles. The van der Waals surface area contributed by atoms with Crippen molar-refractivity contribution in [3.63, 3.8) is 0 Å². The van der Waals surface area contributed by atoms with Gasteiger partial charge in [-0.3, -0.25) is 0 Å². The minimum atomic E-state index is 0.775. The molecular formula is C9H17NO. The van der Waals surface area contributed by atoms with Crippen molar-refractivity contribution in [2.24, 2.45) is 23.5 Å². The number of nitrogens with two attached hydrogens (primary N) is 1. The van der Waals surface area contributed by atoms with Gasteiger partial charge in [-0.15, -0.1) is 0 Å². The van der Waals surface area contributed by atoms with Gasteiger partial charge in [0.05, 0.1) is 0 Å². The summed E-state index contributed by atoms with van der Waals surface area (Å²) in [5.41, 5.74) is 5.74. The number of hydrogen-bond acceptors (Lipinski definition) is 2. The first-order valence-electron chi connectivity index (χ1n) is 4.69. The molecule has 2 heteroatoms. The van der Waals surface area contributed by atoms with Crippen molar-refractivity contribution in [1.29, 1.82) is 0 Å². The fraction of sp³-hybridized carbons (Fsp3) is 1.00. The fourth-order valence-corrected chi connectivity index (χ4v) is 2.62. The average molecular weight is 155 g/mol. The molecule has 2 fully saturated rings. The van der Waals surface area contributed by atoms with Gasteiger partial charge in [0.1, 0.15) is 0 Å². The molecule has 0 spiro atoms. The van der Waals surface area contributed by atoms with Crippen LogP contribution in [0.15, 0.2) is 0 Å². The Kier molecular flexibility index (Phi) is 2.14. The standard InChI is InChI=1S/C9H17NO/c10-4-9-7-2-1-3-8(9)6-11-5-7/h7-9H,1-6,10H2. The summed E-state index contributed by atoms with van der Waals surface area (Å²) >= 11 is 0. The van der Waals surface area contributed by atoms with Gasteiger partial charge in [-0.05, 0) is 37.1 Å². The van der Waals surface area contributed by atoms with Crippen LogP contribution in [0.4, 0.5) is 0 Å². The minimum absolute atomic E-state index is 0.775. The summed E-state index contributed by atoms with van der Waals surface area (Å²) in [4.78, 5) is 0. The van der Waals surface area contributed by atoms with Gasteiger partial charge in [0, 0.05) is 13.2 Å². The van der Waals surface area contributed by atoms with E-state index >= 15 is 0 Å². The lowest BCUT2D eigenvalue weighted by molar-refractivity contribution is -0.0519. The summed E-state index contributed by atoms with van der Waals surface area (Å²) in [5, 5.41) is 0. The molecule has 0 radical (unpaired) electrons. The molecule has 64 valence electrons. The topological polar surface area (TPSA) is 35.2 Å². The first-order valence-corrected chi connectivity index (χ1v) is 4.69. The normalized spacial score (nSPS) is 43.9. The van der Waals surface area contributed by atoms with Gasteiger partial charge in [0.15, 0.2) is 0 Å². The summed E-state index contributed by atoms with van der Waals surface area (Å²) in [7, 11) is 0. The second-order valence-corrected chi connectivity index (χ2v) is 3.89. The molecule has 1 heterocycles. The smallest absolute Gasteiger partial charge is 0.0497 e. The van der Waals surface area contributed by atoms with Crippen molar-refractivity contribution in [1.82, 2.24) is 0 Å². The number of fused-ring (bicyclic) bond motifs is 2. The highest BCUT2D eigenvalue weighted by atomic mass is 16.5. The Morgan fingerprint density at radius 2 is 1.82 bits per heavy atom. The van der Waals surface area contributed by atoms with E-state index in [1.165, 1.54) is 19.3 Å². The van der Waals surface area contributed by atoms with Gasteiger partial charge in [-0.2, -0.15) is 0 Å². The molecule has 0 aromatic heterocycles. The van der Waals surface area contributed by atoms with E-state index < -0.39 is 0 Å². The highest BCUT2D eigenvalue weighted by molar-refractivity contribution is 4.85. The Hall–Kier alpha value is -0.0800. The van der Waals surface area contributed by atoms with Crippen molar-refractivity contribution in [3.05, 3.63) is 0 Å². The monoisotopic (exact) mass is 155 g/mol. The molecule has 1 saturated carbocycles. The van der Waals surface area contributed by atoms with E-state index in [0.717, 1.165) is 37.5 Å². The summed E-state index contributed by atoms with van der Waals surface area (Å²) in [5.74, 6) is 2.34. The van der Waals surface area contributed by atoms with Crippen LogP contribution in [0, 0.1) is 17.8 Å². The number of hydrogen-bond donors (Lipinski definition) is 1. The highest BCUT2D eigenvalue weighted by Gasteiger charge is 2.35. The third-order valence-corrected chi connectivity index (χ3v) is 3.30. The van der Waals surface area contributed by atoms with E-state index in [1.807, 2.05) is 0 Å². The van der Waals surface area contributed by atoms with Crippen LogP contribution in [-0.4, -0.2) is 19.8 Å². The lowest BCUT2D eigenvalue weighted by Gasteiger charge is -2.41. The Morgan fingerprint density at radius 1 is 1.18 bits per heavy atom. The second kappa shape index (κ2) is 3.11. The number of ether oxygens (including phenoxy) is 1. The fourth-order valence-electron chi connectivity index (χ4n) is 2.62. The molecule has 2 aliphatic rings. The summed E-state index contributed by atoms with van der Waals surface area (Å²) in [6.45, 7) is 2.81. The van der Waals surface area contributed by atoms with Gasteiger partial charge in [0.2, 0.25) is 0 Å². The van der Waals surface area contributed by atoms with Crippen LogP contribution in [-0.2, 0) is 4.74 Å².